The van der Waals surface area contributed by atoms with Gasteiger partial charge in [-0.2, -0.15) is 0 Å². The Morgan fingerprint density at radius 2 is 2.15 bits per heavy atom. The van der Waals surface area contributed by atoms with E-state index in [0.717, 1.165) is 30.0 Å². The van der Waals surface area contributed by atoms with Crippen molar-refractivity contribution < 1.29 is 4.79 Å². The number of halogens is 2. The molecule has 3 rings (SSSR count). The summed E-state index contributed by atoms with van der Waals surface area (Å²) in [6.45, 7) is 7.33. The van der Waals surface area contributed by atoms with Gasteiger partial charge in [-0.1, -0.05) is 36.2 Å². The predicted octanol–water partition coefficient (Wildman–Crippen LogP) is 4.98. The first-order chi connectivity index (χ1) is 13.0. The lowest BCUT2D eigenvalue weighted by molar-refractivity contribution is 0.0757. The van der Waals surface area contributed by atoms with Gasteiger partial charge in [-0.3, -0.25) is 4.79 Å². The Morgan fingerprint density at radius 1 is 1.33 bits per heavy atom. The van der Waals surface area contributed by atoms with E-state index >= 15 is 0 Å². The van der Waals surface area contributed by atoms with Crippen LogP contribution < -0.4 is 0 Å². The molecule has 3 aromatic rings. The first-order valence-corrected chi connectivity index (χ1v) is 9.46. The quantitative estimate of drug-likeness (QED) is 0.523. The number of hydrogen-bond acceptors (Lipinski definition) is 3. The number of amides is 1. The lowest BCUT2D eigenvalue weighted by Crippen LogP contribution is -2.32. The zero-order chi connectivity index (χ0) is 19.4. The van der Waals surface area contributed by atoms with Crippen LogP contribution in [0.2, 0.25) is 10.0 Å². The molecule has 0 fully saturated rings. The summed E-state index contributed by atoms with van der Waals surface area (Å²) in [6, 6.07) is 8.64. The number of hydrogen-bond donors (Lipinski definition) is 0. The van der Waals surface area contributed by atoms with Gasteiger partial charge in [-0.15, -0.1) is 6.58 Å². The van der Waals surface area contributed by atoms with Crippen LogP contribution in [-0.2, 0) is 13.1 Å². The van der Waals surface area contributed by atoms with Crippen LogP contribution in [0.5, 0.6) is 0 Å². The molecule has 0 spiro atoms. The van der Waals surface area contributed by atoms with Crippen molar-refractivity contribution in [1.29, 1.82) is 0 Å². The molecule has 2 aromatic heterocycles. The maximum atomic E-state index is 13.1. The smallest absolute Gasteiger partial charge is 0.256 e. The summed E-state index contributed by atoms with van der Waals surface area (Å²) in [6.07, 6.45) is 4.37. The van der Waals surface area contributed by atoms with Crippen molar-refractivity contribution in [3.63, 3.8) is 0 Å². The molecule has 0 atom stereocenters. The number of aryl methyl sites for hydroxylation is 1. The Kier molecular flexibility index (Phi) is 6.14. The maximum absolute atomic E-state index is 13.1. The highest BCUT2D eigenvalue weighted by atomic mass is 35.5. The molecule has 0 bridgehead atoms. The molecule has 1 amide bonds. The van der Waals surface area contributed by atoms with Crippen molar-refractivity contribution in [2.45, 2.75) is 26.4 Å². The molecule has 0 radical (unpaired) electrons. The Balaban J connectivity index is 1.98. The molecule has 5 nitrogen and oxygen atoms in total. The van der Waals surface area contributed by atoms with Crippen LogP contribution in [0.1, 0.15) is 29.5 Å². The molecule has 0 aliphatic rings. The van der Waals surface area contributed by atoms with Crippen molar-refractivity contribution in [3.05, 3.63) is 70.6 Å². The van der Waals surface area contributed by atoms with Crippen LogP contribution in [0.3, 0.4) is 0 Å². The number of rotatable bonds is 7. The minimum atomic E-state index is -0.217. The van der Waals surface area contributed by atoms with E-state index in [1.165, 1.54) is 0 Å². The van der Waals surface area contributed by atoms with Crippen LogP contribution in [0.25, 0.3) is 11.2 Å². The standard InChI is InChI=1S/C20H20Cl2N4O/c1-3-10-25(20(27)15-12-14(21)7-8-16(15)22)13-18-24-17-6-5-9-23-19(17)26(18)11-4-2/h3,5-9,12H,1,4,10-11,13H2,2H3. The van der Waals surface area contributed by atoms with Crippen LogP contribution in [0.15, 0.2) is 49.2 Å². The summed E-state index contributed by atoms with van der Waals surface area (Å²) in [5.74, 6) is 0.560. The van der Waals surface area contributed by atoms with Crippen molar-refractivity contribution in [2.24, 2.45) is 0 Å². The Morgan fingerprint density at radius 3 is 2.89 bits per heavy atom. The van der Waals surface area contributed by atoms with Crippen LogP contribution in [0, 0.1) is 0 Å². The molecule has 0 saturated carbocycles. The van der Waals surface area contributed by atoms with E-state index in [9.17, 15) is 4.79 Å². The Labute approximate surface area is 168 Å². The van der Waals surface area contributed by atoms with Crippen LogP contribution in [-0.4, -0.2) is 31.9 Å². The first-order valence-electron chi connectivity index (χ1n) is 8.70. The zero-order valence-electron chi connectivity index (χ0n) is 15.0. The summed E-state index contributed by atoms with van der Waals surface area (Å²) in [4.78, 5) is 23.9. The minimum Gasteiger partial charge on any atom is -0.327 e. The number of imidazole rings is 1. The van der Waals surface area contributed by atoms with E-state index in [0.29, 0.717) is 28.7 Å². The average molecular weight is 403 g/mol. The SMILES string of the molecule is C=CCN(Cc1nc2cccnc2n1CCC)C(=O)c1cc(Cl)ccc1Cl. The topological polar surface area (TPSA) is 51.0 Å². The second kappa shape index (κ2) is 8.55. The summed E-state index contributed by atoms with van der Waals surface area (Å²) in [5, 5.41) is 0.825. The molecule has 0 unspecified atom stereocenters. The van der Waals surface area contributed by atoms with Gasteiger partial charge in [-0.05, 0) is 36.8 Å². The van der Waals surface area contributed by atoms with Gasteiger partial charge in [-0.25, -0.2) is 9.97 Å². The van der Waals surface area contributed by atoms with Crippen LogP contribution >= 0.6 is 23.2 Å². The number of benzene rings is 1. The summed E-state index contributed by atoms with van der Waals surface area (Å²) in [5.41, 5.74) is 2.00. The lowest BCUT2D eigenvalue weighted by Gasteiger charge is -2.22. The van der Waals surface area contributed by atoms with Crippen molar-refractivity contribution in [3.8, 4) is 0 Å². The fourth-order valence-electron chi connectivity index (χ4n) is 2.96. The summed E-state index contributed by atoms with van der Waals surface area (Å²) < 4.78 is 2.05. The monoisotopic (exact) mass is 402 g/mol. The molecule has 0 N–H and O–H groups in total. The third kappa shape index (κ3) is 4.15. The highest BCUT2D eigenvalue weighted by Crippen LogP contribution is 2.23. The molecule has 0 aliphatic carbocycles. The second-order valence-electron chi connectivity index (χ2n) is 6.12. The Hall–Kier alpha value is -2.37. The summed E-state index contributed by atoms with van der Waals surface area (Å²) >= 11 is 12.3. The van der Waals surface area contributed by atoms with Crippen molar-refractivity contribution in [1.82, 2.24) is 19.4 Å². The van der Waals surface area contributed by atoms with Gasteiger partial charge in [0.15, 0.2) is 5.65 Å². The van der Waals surface area contributed by atoms with E-state index in [2.05, 4.69) is 28.0 Å². The van der Waals surface area contributed by atoms with Gasteiger partial charge >= 0.3 is 0 Å². The third-order valence-electron chi connectivity index (χ3n) is 4.16. The van der Waals surface area contributed by atoms with Gasteiger partial charge in [0.2, 0.25) is 0 Å². The number of carbonyl (C=O) groups excluding carboxylic acids is 1. The van der Waals surface area contributed by atoms with E-state index in [-0.39, 0.29) is 5.91 Å². The number of nitrogens with zero attached hydrogens (tertiary/aromatic N) is 4. The fraction of sp³-hybridized carbons (Fsp3) is 0.250. The lowest BCUT2D eigenvalue weighted by atomic mass is 10.2. The van der Waals surface area contributed by atoms with Crippen LogP contribution in [0.4, 0.5) is 0 Å². The van der Waals surface area contributed by atoms with Gasteiger partial charge in [0.25, 0.3) is 5.91 Å². The molecular weight excluding hydrogens is 383 g/mol. The molecule has 27 heavy (non-hydrogen) atoms. The second-order valence-corrected chi connectivity index (χ2v) is 6.97. The number of aromatic nitrogens is 3. The maximum Gasteiger partial charge on any atom is 0.256 e. The van der Waals surface area contributed by atoms with E-state index in [1.807, 2.05) is 12.1 Å². The highest BCUT2D eigenvalue weighted by molar-refractivity contribution is 6.35. The van der Waals surface area contributed by atoms with Gasteiger partial charge in [0, 0.05) is 24.3 Å². The van der Waals surface area contributed by atoms with Gasteiger partial charge in [0.05, 0.1) is 17.1 Å². The number of fused-ring (bicyclic) bond motifs is 1. The number of carbonyl (C=O) groups is 1. The minimum absolute atomic E-state index is 0.217. The molecular formula is C20H20Cl2N4O. The largest absolute Gasteiger partial charge is 0.327 e. The molecule has 0 aliphatic heterocycles. The summed E-state index contributed by atoms with van der Waals surface area (Å²) in [7, 11) is 0. The molecule has 7 heteroatoms. The molecule has 140 valence electrons. The number of pyridine rings is 1. The normalized spacial score (nSPS) is 10.9. The molecule has 1 aromatic carbocycles. The average Bonchev–Trinajstić information content (AvgIpc) is 3.00. The van der Waals surface area contributed by atoms with Crippen molar-refractivity contribution in [2.75, 3.05) is 6.54 Å². The van der Waals surface area contributed by atoms with Gasteiger partial charge in [0.1, 0.15) is 11.3 Å². The fourth-order valence-corrected chi connectivity index (χ4v) is 3.33. The van der Waals surface area contributed by atoms with E-state index in [1.54, 1.807) is 35.4 Å². The highest BCUT2D eigenvalue weighted by Gasteiger charge is 2.21. The van der Waals surface area contributed by atoms with Gasteiger partial charge < -0.3 is 9.47 Å². The third-order valence-corrected chi connectivity index (χ3v) is 4.72. The Bertz CT molecular complexity index is 983. The zero-order valence-corrected chi connectivity index (χ0v) is 16.5. The first kappa shape index (κ1) is 19.4. The van der Waals surface area contributed by atoms with E-state index in [4.69, 9.17) is 23.2 Å². The van der Waals surface area contributed by atoms with E-state index < -0.39 is 0 Å². The predicted molar refractivity (Wildman–Crippen MR) is 109 cm³/mol. The molecule has 0 saturated heterocycles. The van der Waals surface area contributed by atoms with Crippen molar-refractivity contribution >= 4 is 40.3 Å². The molecule has 2 heterocycles.